The monoisotopic (exact) mass is 251 g/mol. The minimum Gasteiger partial charge on any atom is -0.313 e. The van der Waals surface area contributed by atoms with Gasteiger partial charge in [0.15, 0.2) is 0 Å². The van der Waals surface area contributed by atoms with Crippen LogP contribution in [0, 0.1) is 5.92 Å². The molecule has 0 spiro atoms. The molecule has 0 aliphatic carbocycles. The Kier molecular flexibility index (Phi) is 6.68. The standard InChI is InChI=1S/C15H25NS/c1-5-12(3)11-17-14-9-7-13(8-10-14)15(6-2)16-4/h7-10,12,15-16H,5-6,11H2,1-4H3. The lowest BCUT2D eigenvalue weighted by Crippen LogP contribution is -2.14. The normalized spacial score (nSPS) is 14.6. The second kappa shape index (κ2) is 7.78. The summed E-state index contributed by atoms with van der Waals surface area (Å²) in [4.78, 5) is 1.39. The molecule has 96 valence electrons. The Morgan fingerprint density at radius 3 is 2.24 bits per heavy atom. The Hall–Kier alpha value is -0.470. The number of hydrogen-bond donors (Lipinski definition) is 1. The zero-order valence-corrected chi connectivity index (χ0v) is 12.3. The molecular formula is C15H25NS. The maximum absolute atomic E-state index is 3.34. The zero-order valence-electron chi connectivity index (χ0n) is 11.5. The predicted octanol–water partition coefficient (Wildman–Crippen LogP) is 4.50. The van der Waals surface area contributed by atoms with Crippen molar-refractivity contribution < 1.29 is 0 Å². The van der Waals surface area contributed by atoms with Crippen LogP contribution in [-0.4, -0.2) is 12.8 Å². The van der Waals surface area contributed by atoms with Crippen molar-refractivity contribution in [2.45, 2.75) is 44.6 Å². The van der Waals surface area contributed by atoms with Gasteiger partial charge in [0.25, 0.3) is 0 Å². The fourth-order valence-corrected chi connectivity index (χ4v) is 2.80. The lowest BCUT2D eigenvalue weighted by atomic mass is 10.1. The van der Waals surface area contributed by atoms with E-state index in [1.165, 1.54) is 22.6 Å². The Bertz CT molecular complexity index is 303. The van der Waals surface area contributed by atoms with Crippen molar-refractivity contribution in [3.63, 3.8) is 0 Å². The molecule has 0 radical (unpaired) electrons. The van der Waals surface area contributed by atoms with Crippen LogP contribution >= 0.6 is 11.8 Å². The van der Waals surface area contributed by atoms with Gasteiger partial charge in [0.2, 0.25) is 0 Å². The lowest BCUT2D eigenvalue weighted by Gasteiger charge is -2.14. The fraction of sp³-hybridized carbons (Fsp3) is 0.600. The summed E-state index contributed by atoms with van der Waals surface area (Å²) in [7, 11) is 2.03. The molecule has 0 fully saturated rings. The third-order valence-corrected chi connectivity index (χ3v) is 4.61. The van der Waals surface area contributed by atoms with Crippen LogP contribution in [0.1, 0.15) is 45.2 Å². The number of nitrogens with one attached hydrogen (secondary N) is 1. The van der Waals surface area contributed by atoms with E-state index in [9.17, 15) is 0 Å². The summed E-state index contributed by atoms with van der Waals surface area (Å²) in [5, 5.41) is 3.34. The van der Waals surface area contributed by atoms with Crippen molar-refractivity contribution >= 4 is 11.8 Å². The van der Waals surface area contributed by atoms with Crippen molar-refractivity contribution in [1.82, 2.24) is 5.32 Å². The highest BCUT2D eigenvalue weighted by Gasteiger charge is 2.06. The first kappa shape index (κ1) is 14.6. The Labute approximate surface area is 110 Å². The van der Waals surface area contributed by atoms with Crippen LogP contribution in [0.25, 0.3) is 0 Å². The highest BCUT2D eigenvalue weighted by atomic mass is 32.2. The first-order valence-electron chi connectivity index (χ1n) is 6.61. The molecule has 0 saturated heterocycles. The molecule has 0 amide bonds. The van der Waals surface area contributed by atoms with E-state index in [4.69, 9.17) is 0 Å². The average molecular weight is 251 g/mol. The van der Waals surface area contributed by atoms with E-state index in [0.717, 1.165) is 12.3 Å². The van der Waals surface area contributed by atoms with Gasteiger partial charge in [-0.25, -0.2) is 0 Å². The van der Waals surface area contributed by atoms with E-state index in [1.807, 2.05) is 18.8 Å². The highest BCUT2D eigenvalue weighted by Crippen LogP contribution is 2.24. The van der Waals surface area contributed by atoms with Crippen LogP contribution in [0.5, 0.6) is 0 Å². The highest BCUT2D eigenvalue weighted by molar-refractivity contribution is 7.99. The summed E-state index contributed by atoms with van der Waals surface area (Å²) in [6, 6.07) is 9.50. The lowest BCUT2D eigenvalue weighted by molar-refractivity contribution is 0.576. The second-order valence-electron chi connectivity index (χ2n) is 4.64. The van der Waals surface area contributed by atoms with E-state index in [0.29, 0.717) is 6.04 Å². The SMILES string of the molecule is CCC(C)CSc1ccc(C(CC)NC)cc1. The first-order chi connectivity index (χ1) is 8.21. The van der Waals surface area contributed by atoms with E-state index < -0.39 is 0 Å². The smallest absolute Gasteiger partial charge is 0.0314 e. The van der Waals surface area contributed by atoms with Crippen molar-refractivity contribution in [2.24, 2.45) is 5.92 Å². The Morgan fingerprint density at radius 1 is 1.12 bits per heavy atom. The van der Waals surface area contributed by atoms with Crippen LogP contribution in [-0.2, 0) is 0 Å². The molecule has 1 nitrogen and oxygen atoms in total. The van der Waals surface area contributed by atoms with E-state index in [2.05, 4.69) is 50.4 Å². The summed E-state index contributed by atoms with van der Waals surface area (Å²) < 4.78 is 0. The fourth-order valence-electron chi connectivity index (χ4n) is 1.76. The van der Waals surface area contributed by atoms with Crippen molar-refractivity contribution in [3.8, 4) is 0 Å². The minimum absolute atomic E-state index is 0.489. The van der Waals surface area contributed by atoms with E-state index >= 15 is 0 Å². The van der Waals surface area contributed by atoms with Crippen molar-refractivity contribution in [3.05, 3.63) is 29.8 Å². The number of thioether (sulfide) groups is 1. The maximum atomic E-state index is 3.34. The Balaban J connectivity index is 2.55. The molecule has 0 aliphatic heterocycles. The maximum Gasteiger partial charge on any atom is 0.0314 e. The summed E-state index contributed by atoms with van der Waals surface area (Å²) in [6.45, 7) is 6.79. The molecule has 1 rings (SSSR count). The van der Waals surface area contributed by atoms with Gasteiger partial charge in [0.1, 0.15) is 0 Å². The van der Waals surface area contributed by atoms with Gasteiger partial charge in [-0.2, -0.15) is 0 Å². The van der Waals surface area contributed by atoms with Gasteiger partial charge in [-0.05, 0) is 37.1 Å². The van der Waals surface area contributed by atoms with E-state index in [-0.39, 0.29) is 0 Å². The molecule has 0 bridgehead atoms. The molecule has 1 aromatic rings. The number of rotatable bonds is 7. The first-order valence-corrected chi connectivity index (χ1v) is 7.59. The molecule has 2 unspecified atom stereocenters. The van der Waals surface area contributed by atoms with Gasteiger partial charge in [0, 0.05) is 16.7 Å². The molecular weight excluding hydrogens is 226 g/mol. The Morgan fingerprint density at radius 2 is 1.76 bits per heavy atom. The van der Waals surface area contributed by atoms with Gasteiger partial charge >= 0.3 is 0 Å². The van der Waals surface area contributed by atoms with Gasteiger partial charge in [0.05, 0.1) is 0 Å². The summed E-state index contributed by atoms with van der Waals surface area (Å²) in [5.74, 6) is 2.03. The van der Waals surface area contributed by atoms with Gasteiger partial charge in [-0.15, -0.1) is 11.8 Å². The molecule has 2 heteroatoms. The van der Waals surface area contributed by atoms with Gasteiger partial charge in [-0.1, -0.05) is 39.3 Å². The van der Waals surface area contributed by atoms with Gasteiger partial charge in [-0.3, -0.25) is 0 Å². The average Bonchev–Trinajstić information content (AvgIpc) is 2.38. The molecule has 0 saturated carbocycles. The summed E-state index contributed by atoms with van der Waals surface area (Å²) in [6.07, 6.45) is 2.40. The molecule has 1 aromatic carbocycles. The van der Waals surface area contributed by atoms with Crippen LogP contribution in [0.4, 0.5) is 0 Å². The molecule has 2 atom stereocenters. The van der Waals surface area contributed by atoms with Crippen LogP contribution < -0.4 is 5.32 Å². The summed E-state index contributed by atoms with van der Waals surface area (Å²) in [5.41, 5.74) is 1.39. The van der Waals surface area contributed by atoms with Crippen molar-refractivity contribution in [2.75, 3.05) is 12.8 Å². The molecule has 0 aromatic heterocycles. The largest absolute Gasteiger partial charge is 0.313 e. The third-order valence-electron chi connectivity index (χ3n) is 3.27. The molecule has 17 heavy (non-hydrogen) atoms. The van der Waals surface area contributed by atoms with Crippen LogP contribution in [0.2, 0.25) is 0 Å². The van der Waals surface area contributed by atoms with Crippen LogP contribution in [0.3, 0.4) is 0 Å². The summed E-state index contributed by atoms with van der Waals surface area (Å²) >= 11 is 1.97. The number of benzene rings is 1. The predicted molar refractivity (Wildman–Crippen MR) is 78.7 cm³/mol. The zero-order chi connectivity index (χ0) is 12.7. The second-order valence-corrected chi connectivity index (χ2v) is 5.74. The number of hydrogen-bond acceptors (Lipinski definition) is 2. The van der Waals surface area contributed by atoms with E-state index in [1.54, 1.807) is 0 Å². The quantitative estimate of drug-likeness (QED) is 0.716. The molecule has 0 aliphatic rings. The molecule has 0 heterocycles. The van der Waals surface area contributed by atoms with Crippen molar-refractivity contribution in [1.29, 1.82) is 0 Å². The topological polar surface area (TPSA) is 12.0 Å². The third kappa shape index (κ3) is 4.72. The molecule has 1 N–H and O–H groups in total. The van der Waals surface area contributed by atoms with Crippen LogP contribution in [0.15, 0.2) is 29.2 Å². The van der Waals surface area contributed by atoms with Gasteiger partial charge < -0.3 is 5.32 Å². The minimum atomic E-state index is 0.489.